The van der Waals surface area contributed by atoms with Crippen LogP contribution in [0.2, 0.25) is 0 Å². The Bertz CT molecular complexity index is 970. The summed E-state index contributed by atoms with van der Waals surface area (Å²) in [5.41, 5.74) is 1.94. The minimum Gasteiger partial charge on any atom is -0.417 e. The van der Waals surface area contributed by atoms with Crippen LogP contribution in [0.4, 0.5) is 10.1 Å². The molecule has 1 aliphatic heterocycles. The number of rotatable bonds is 4. The summed E-state index contributed by atoms with van der Waals surface area (Å²) in [6, 6.07) is 1.96. The quantitative estimate of drug-likeness (QED) is 0.678. The van der Waals surface area contributed by atoms with Gasteiger partial charge in [-0.25, -0.2) is 9.37 Å². The smallest absolute Gasteiger partial charge is 0.259 e. The monoisotopic (exact) mass is 387 g/mol. The summed E-state index contributed by atoms with van der Waals surface area (Å²) in [5, 5.41) is 8.30. The van der Waals surface area contributed by atoms with E-state index in [2.05, 4.69) is 20.2 Å². The van der Waals surface area contributed by atoms with Crippen molar-refractivity contribution >= 4 is 22.9 Å². The molecule has 1 unspecified atom stereocenters. The Labute approximate surface area is 159 Å². The van der Waals surface area contributed by atoms with E-state index >= 15 is 0 Å². The van der Waals surface area contributed by atoms with Crippen LogP contribution in [-0.4, -0.2) is 26.1 Å². The van der Waals surface area contributed by atoms with Crippen LogP contribution in [0.25, 0.3) is 10.8 Å². The molecule has 3 aromatic heterocycles. The molecule has 7 nitrogen and oxygen atoms in total. The second kappa shape index (κ2) is 7.15. The Morgan fingerprint density at radius 2 is 2.26 bits per heavy atom. The number of alkyl halides is 1. The molecular formula is C18H18FN5O2S. The van der Waals surface area contributed by atoms with Gasteiger partial charge in [0.25, 0.3) is 11.8 Å². The van der Waals surface area contributed by atoms with Gasteiger partial charge >= 0.3 is 0 Å². The van der Waals surface area contributed by atoms with Gasteiger partial charge in [0.15, 0.2) is 6.17 Å². The van der Waals surface area contributed by atoms with E-state index in [4.69, 9.17) is 4.42 Å². The van der Waals surface area contributed by atoms with E-state index in [9.17, 15) is 9.18 Å². The largest absolute Gasteiger partial charge is 0.417 e. The van der Waals surface area contributed by atoms with Gasteiger partial charge in [0.05, 0.1) is 24.6 Å². The predicted molar refractivity (Wildman–Crippen MR) is 97.8 cm³/mol. The molecule has 1 amide bonds. The molecule has 4 heterocycles. The Morgan fingerprint density at radius 1 is 1.41 bits per heavy atom. The lowest BCUT2D eigenvalue weighted by molar-refractivity contribution is -0.122. The molecule has 0 saturated carbocycles. The number of carbonyl (C=O) groups is 1. The number of aryl methyl sites for hydroxylation is 1. The molecule has 0 aromatic carbocycles. The van der Waals surface area contributed by atoms with Crippen LogP contribution in [-0.2, 0) is 17.8 Å². The second-order valence-corrected chi connectivity index (χ2v) is 7.66. The molecule has 4 rings (SSSR count). The molecule has 0 radical (unpaired) electrons. The maximum Gasteiger partial charge on any atom is 0.259 e. The van der Waals surface area contributed by atoms with Gasteiger partial charge in [0, 0.05) is 12.1 Å². The first-order valence-corrected chi connectivity index (χ1v) is 9.51. The van der Waals surface area contributed by atoms with Crippen molar-refractivity contribution in [1.82, 2.24) is 20.2 Å². The van der Waals surface area contributed by atoms with Crippen LogP contribution in [0.15, 0.2) is 29.1 Å². The van der Waals surface area contributed by atoms with Crippen molar-refractivity contribution in [2.45, 2.75) is 39.4 Å². The molecule has 9 heteroatoms. The number of carbonyl (C=O) groups excluding carboxylic acids is 1. The van der Waals surface area contributed by atoms with Crippen LogP contribution in [0, 0.1) is 5.92 Å². The molecule has 0 spiro atoms. The maximum atomic E-state index is 13.3. The third kappa shape index (κ3) is 3.46. The van der Waals surface area contributed by atoms with Gasteiger partial charge in [-0.15, -0.1) is 21.5 Å². The molecule has 2 atom stereocenters. The zero-order valence-corrected chi connectivity index (χ0v) is 15.7. The average Bonchev–Trinajstić information content (AvgIpc) is 3.31. The van der Waals surface area contributed by atoms with Crippen LogP contribution in [0.3, 0.4) is 0 Å². The minimum absolute atomic E-state index is 0.0588. The molecule has 27 heavy (non-hydrogen) atoms. The highest BCUT2D eigenvalue weighted by atomic mass is 32.1. The van der Waals surface area contributed by atoms with Gasteiger partial charge in [0.2, 0.25) is 5.91 Å². The summed E-state index contributed by atoms with van der Waals surface area (Å²) in [4.78, 5) is 23.8. The van der Waals surface area contributed by atoms with Gasteiger partial charge in [0.1, 0.15) is 9.88 Å². The van der Waals surface area contributed by atoms with Crippen LogP contribution in [0.1, 0.15) is 42.9 Å². The van der Waals surface area contributed by atoms with E-state index in [0.29, 0.717) is 11.4 Å². The number of halogens is 1. The Morgan fingerprint density at radius 3 is 3.04 bits per heavy atom. The van der Waals surface area contributed by atoms with Crippen molar-refractivity contribution < 1.29 is 13.6 Å². The fourth-order valence-corrected chi connectivity index (χ4v) is 3.85. The molecule has 0 aliphatic carbocycles. The number of hydrogen-bond acceptors (Lipinski definition) is 7. The van der Waals surface area contributed by atoms with Crippen molar-refractivity contribution in [2.75, 3.05) is 4.90 Å². The number of thiazole rings is 1. The second-order valence-electron chi connectivity index (χ2n) is 6.55. The third-order valence-electron chi connectivity index (χ3n) is 4.55. The van der Waals surface area contributed by atoms with E-state index in [1.807, 2.05) is 13.0 Å². The lowest BCUT2D eigenvalue weighted by Crippen LogP contribution is -2.33. The molecule has 0 bridgehead atoms. The number of hydrogen-bond donors (Lipinski definition) is 0. The fraction of sp³-hybridized carbons (Fsp3) is 0.389. The lowest BCUT2D eigenvalue weighted by Gasteiger charge is -2.23. The summed E-state index contributed by atoms with van der Waals surface area (Å²) >= 11 is 1.35. The highest BCUT2D eigenvalue weighted by molar-refractivity contribution is 7.15. The number of nitrogens with zero attached hydrogens (tertiary/aromatic N) is 5. The zero-order valence-electron chi connectivity index (χ0n) is 14.9. The van der Waals surface area contributed by atoms with E-state index in [0.717, 1.165) is 29.1 Å². The van der Waals surface area contributed by atoms with Crippen molar-refractivity contribution in [3.8, 4) is 10.8 Å². The number of pyridine rings is 1. The molecule has 140 valence electrons. The van der Waals surface area contributed by atoms with Crippen LogP contribution < -0.4 is 4.90 Å². The summed E-state index contributed by atoms with van der Waals surface area (Å²) in [6.45, 7) is 3.63. The SMILES string of the molecule is CC(F)c1nnc(-c2cnc(CN3C(=O)[C@H](C)CCc4ccncc43)s2)o1. The topological polar surface area (TPSA) is 85.0 Å². The Balaban J connectivity index is 1.61. The summed E-state index contributed by atoms with van der Waals surface area (Å²) < 4.78 is 18.6. The van der Waals surface area contributed by atoms with Crippen molar-refractivity contribution in [2.24, 2.45) is 5.92 Å². The summed E-state index contributed by atoms with van der Waals surface area (Å²) in [7, 11) is 0. The zero-order chi connectivity index (χ0) is 19.0. The Kier molecular flexibility index (Phi) is 4.69. The maximum absolute atomic E-state index is 13.3. The van der Waals surface area contributed by atoms with E-state index in [1.165, 1.54) is 18.3 Å². The number of fused-ring (bicyclic) bond motifs is 1. The van der Waals surface area contributed by atoms with Gasteiger partial charge in [-0.1, -0.05) is 6.92 Å². The van der Waals surface area contributed by atoms with Gasteiger partial charge in [-0.05, 0) is 31.4 Å². The fourth-order valence-electron chi connectivity index (χ4n) is 3.03. The summed E-state index contributed by atoms with van der Waals surface area (Å²) in [5.74, 6) is 0.165. The first-order valence-electron chi connectivity index (χ1n) is 8.69. The van der Waals surface area contributed by atoms with E-state index in [-0.39, 0.29) is 23.6 Å². The minimum atomic E-state index is -1.32. The highest BCUT2D eigenvalue weighted by Crippen LogP contribution is 2.32. The van der Waals surface area contributed by atoms with Gasteiger partial charge in [-0.2, -0.15) is 0 Å². The standard InChI is InChI=1S/C18H18FN5O2S/c1-10-3-4-12-5-6-20-7-13(12)24(18(10)25)9-15-21-8-14(27-15)17-23-22-16(26-17)11(2)19/h5-8,10-11H,3-4,9H2,1-2H3/t10-,11?/m1/s1. The normalized spacial score (nSPS) is 18.3. The van der Waals surface area contributed by atoms with Crippen LogP contribution in [0.5, 0.6) is 0 Å². The number of amides is 1. The molecule has 0 N–H and O–H groups in total. The summed E-state index contributed by atoms with van der Waals surface area (Å²) in [6.07, 6.45) is 5.41. The van der Waals surface area contributed by atoms with Crippen molar-refractivity contribution in [3.63, 3.8) is 0 Å². The molecule has 3 aromatic rings. The predicted octanol–water partition coefficient (Wildman–Crippen LogP) is 3.73. The van der Waals surface area contributed by atoms with E-state index < -0.39 is 6.17 Å². The molecule has 0 fully saturated rings. The average molecular weight is 387 g/mol. The number of aromatic nitrogens is 4. The first-order chi connectivity index (χ1) is 13.0. The Hall–Kier alpha value is -2.68. The third-order valence-corrected chi connectivity index (χ3v) is 5.52. The lowest BCUT2D eigenvalue weighted by atomic mass is 10.0. The van der Waals surface area contributed by atoms with Crippen molar-refractivity contribution in [1.29, 1.82) is 0 Å². The molecule has 0 saturated heterocycles. The molecular weight excluding hydrogens is 369 g/mol. The van der Waals surface area contributed by atoms with E-state index in [1.54, 1.807) is 23.5 Å². The first kappa shape index (κ1) is 17.7. The highest BCUT2D eigenvalue weighted by Gasteiger charge is 2.28. The molecule has 1 aliphatic rings. The number of anilines is 1. The van der Waals surface area contributed by atoms with Gasteiger partial charge < -0.3 is 9.32 Å². The van der Waals surface area contributed by atoms with Crippen LogP contribution >= 0.6 is 11.3 Å². The van der Waals surface area contributed by atoms with Gasteiger partial charge in [-0.3, -0.25) is 9.78 Å². The van der Waals surface area contributed by atoms with Crippen molar-refractivity contribution in [3.05, 3.63) is 41.1 Å².